The largest absolute Gasteiger partial charge is 0.347 e. The summed E-state index contributed by atoms with van der Waals surface area (Å²) in [4.78, 5) is 2.49. The Morgan fingerprint density at radius 3 is 2.00 bits per heavy atom. The number of allylic oxidation sites excluding steroid dienone is 10. The molecule has 246 valence electrons. The highest BCUT2D eigenvalue weighted by Gasteiger charge is 2.51. The molecular weight excluding hydrogens is 593 g/mol. The fourth-order valence-corrected chi connectivity index (χ4v) is 10.6. The zero-order valence-corrected chi connectivity index (χ0v) is 29.3. The molecule has 0 unspecified atom stereocenters. The molecule has 4 aromatic rings. The van der Waals surface area contributed by atoms with Gasteiger partial charge in [0.1, 0.15) is 7.05 Å². The zero-order valence-electron chi connectivity index (χ0n) is 29.3. The van der Waals surface area contributed by atoms with Gasteiger partial charge in [-0.25, -0.2) is 0 Å². The summed E-state index contributed by atoms with van der Waals surface area (Å²) in [6.45, 7) is 0. The lowest BCUT2D eigenvalue weighted by molar-refractivity contribution is -0.401. The molecule has 5 aliphatic rings. The summed E-state index contributed by atoms with van der Waals surface area (Å²) in [5.41, 5.74) is 12.0. The summed E-state index contributed by atoms with van der Waals surface area (Å²) in [5, 5.41) is 5.61. The van der Waals surface area contributed by atoms with Crippen molar-refractivity contribution in [3.8, 4) is 0 Å². The van der Waals surface area contributed by atoms with Crippen molar-refractivity contribution in [2.24, 2.45) is 0 Å². The average molecular weight is 642 g/mol. The molecule has 0 aromatic heterocycles. The zero-order chi connectivity index (χ0) is 33.0. The molecule has 0 amide bonds. The van der Waals surface area contributed by atoms with Gasteiger partial charge < -0.3 is 4.90 Å². The number of hydrogen-bond donors (Lipinski definition) is 0. The first-order valence-corrected chi connectivity index (χ1v) is 19.0. The fraction of sp³-hybridized carbons (Fsp3) is 0.340. The van der Waals surface area contributed by atoms with Crippen LogP contribution in [-0.4, -0.2) is 24.4 Å². The summed E-state index contributed by atoms with van der Waals surface area (Å²) in [6.07, 6.45) is 31.9. The average Bonchev–Trinajstić information content (AvgIpc) is 3.76. The van der Waals surface area contributed by atoms with Crippen LogP contribution in [0.4, 0.5) is 11.4 Å². The van der Waals surface area contributed by atoms with Crippen molar-refractivity contribution < 1.29 is 4.58 Å². The molecule has 49 heavy (non-hydrogen) atoms. The Bertz CT molecular complexity index is 2150. The van der Waals surface area contributed by atoms with Gasteiger partial charge in [-0.3, -0.25) is 0 Å². The Morgan fingerprint density at radius 1 is 0.633 bits per heavy atom. The van der Waals surface area contributed by atoms with Crippen LogP contribution in [0.15, 0.2) is 132 Å². The van der Waals surface area contributed by atoms with E-state index in [1.807, 2.05) is 0 Å². The van der Waals surface area contributed by atoms with Crippen LogP contribution in [0, 0.1) is 0 Å². The molecule has 0 N–H and O–H groups in total. The Hall–Kier alpha value is -4.43. The smallest absolute Gasteiger partial charge is 0.210 e. The van der Waals surface area contributed by atoms with Crippen LogP contribution in [0.5, 0.6) is 0 Å². The normalized spacial score (nSPS) is 23.0. The van der Waals surface area contributed by atoms with E-state index in [0.29, 0.717) is 0 Å². The van der Waals surface area contributed by atoms with Crippen LogP contribution in [0.3, 0.4) is 0 Å². The summed E-state index contributed by atoms with van der Waals surface area (Å²) in [7, 11) is 4.58. The number of nitrogens with zero attached hydrogens (tertiary/aromatic N) is 2. The Morgan fingerprint density at radius 2 is 1.27 bits per heavy atom. The van der Waals surface area contributed by atoms with Gasteiger partial charge >= 0.3 is 0 Å². The minimum Gasteiger partial charge on any atom is -0.347 e. The minimum absolute atomic E-state index is 0.125. The van der Waals surface area contributed by atoms with Crippen molar-refractivity contribution >= 4 is 38.6 Å². The number of anilines is 1. The third kappa shape index (κ3) is 4.85. The molecule has 9 rings (SSSR count). The predicted octanol–water partition coefficient (Wildman–Crippen LogP) is 11.9. The van der Waals surface area contributed by atoms with Crippen LogP contribution in [0.1, 0.15) is 88.2 Å². The fourth-order valence-electron chi connectivity index (χ4n) is 10.6. The van der Waals surface area contributed by atoms with E-state index in [9.17, 15) is 0 Å². The van der Waals surface area contributed by atoms with Gasteiger partial charge in [-0.15, -0.1) is 0 Å². The van der Waals surface area contributed by atoms with Crippen molar-refractivity contribution in [2.45, 2.75) is 87.9 Å². The molecule has 2 fully saturated rings. The monoisotopic (exact) mass is 641 g/mol. The van der Waals surface area contributed by atoms with Gasteiger partial charge in [0.2, 0.25) is 5.69 Å². The van der Waals surface area contributed by atoms with Crippen LogP contribution in [-0.2, 0) is 10.8 Å². The third-order valence-corrected chi connectivity index (χ3v) is 12.8. The highest BCUT2D eigenvalue weighted by molar-refractivity contribution is 6.08. The highest BCUT2D eigenvalue weighted by atomic mass is 15.2. The quantitative estimate of drug-likeness (QED) is 0.201. The van der Waals surface area contributed by atoms with Gasteiger partial charge in [0.05, 0.1) is 5.41 Å². The summed E-state index contributed by atoms with van der Waals surface area (Å²) in [5.74, 6) is 0. The van der Waals surface area contributed by atoms with Crippen molar-refractivity contribution in [3.05, 3.63) is 143 Å². The van der Waals surface area contributed by atoms with E-state index in [4.69, 9.17) is 0 Å². The summed E-state index contributed by atoms with van der Waals surface area (Å²) < 4.78 is 2.49. The lowest BCUT2D eigenvalue weighted by atomic mass is 9.66. The van der Waals surface area contributed by atoms with E-state index in [1.165, 1.54) is 120 Å². The van der Waals surface area contributed by atoms with Crippen LogP contribution in [0.2, 0.25) is 0 Å². The lowest BCUT2D eigenvalue weighted by Gasteiger charge is -2.36. The Kier molecular flexibility index (Phi) is 7.60. The van der Waals surface area contributed by atoms with Crippen LogP contribution >= 0.6 is 0 Å². The first-order valence-electron chi connectivity index (χ1n) is 19.0. The molecule has 2 aliphatic heterocycles. The second-order valence-electron chi connectivity index (χ2n) is 15.4. The standard InChI is InChI=1S/C47H49N2/c1-48-40-27-25-36-17-5-7-19-38(36)44(40)46(29-9-3-10-30-46)42(48)21-13-15-34-23-24-35(33-34)16-14-22-43-47(31-11-4-12-32-47)45-39-20-8-6-18-37(39)26-28-41(45)49(43)2/h5-8,13-22,25-28,33H,3-4,9-12,23-24,29-32H2,1-2H3/q+1. The highest BCUT2D eigenvalue weighted by Crippen LogP contribution is 2.57. The summed E-state index contributed by atoms with van der Waals surface area (Å²) >= 11 is 0. The molecule has 2 nitrogen and oxygen atoms in total. The van der Waals surface area contributed by atoms with Crippen molar-refractivity contribution in [1.29, 1.82) is 0 Å². The maximum Gasteiger partial charge on any atom is 0.210 e. The number of benzene rings is 4. The molecule has 0 radical (unpaired) electrons. The SMILES string of the molecule is CN1/C(=C/C=C/C2=CC(=C/C=C/C3=[N+](C)c4ccc5ccccc5c4C34CCCCC4)/CC2)C2(CCCCC2)c2c1ccc1ccccc21. The molecule has 2 spiro atoms. The van der Waals surface area contributed by atoms with E-state index in [2.05, 4.69) is 139 Å². The molecule has 2 saturated carbocycles. The van der Waals surface area contributed by atoms with Gasteiger partial charge in [0, 0.05) is 41.6 Å². The maximum absolute atomic E-state index is 2.49. The molecule has 3 aliphatic carbocycles. The Labute approximate surface area is 292 Å². The van der Waals surface area contributed by atoms with E-state index in [0.717, 1.165) is 12.8 Å². The second kappa shape index (κ2) is 12.2. The molecule has 0 bridgehead atoms. The molecular formula is C47H49N2+. The van der Waals surface area contributed by atoms with E-state index in [-0.39, 0.29) is 10.8 Å². The van der Waals surface area contributed by atoms with Gasteiger partial charge in [0.25, 0.3) is 0 Å². The number of hydrogen-bond acceptors (Lipinski definition) is 1. The van der Waals surface area contributed by atoms with Crippen LogP contribution < -0.4 is 4.90 Å². The first kappa shape index (κ1) is 30.6. The van der Waals surface area contributed by atoms with Gasteiger partial charge in [-0.05, 0) is 95.0 Å². The Balaban J connectivity index is 0.986. The van der Waals surface area contributed by atoms with E-state index >= 15 is 0 Å². The third-order valence-electron chi connectivity index (χ3n) is 12.8. The van der Waals surface area contributed by atoms with E-state index < -0.39 is 0 Å². The molecule has 2 heterocycles. The summed E-state index contributed by atoms with van der Waals surface area (Å²) in [6, 6.07) is 27.4. The van der Waals surface area contributed by atoms with Crippen molar-refractivity contribution in [3.63, 3.8) is 0 Å². The molecule has 2 heteroatoms. The molecule has 0 atom stereocenters. The topological polar surface area (TPSA) is 6.25 Å². The lowest BCUT2D eigenvalue weighted by Crippen LogP contribution is -2.36. The molecule has 0 saturated heterocycles. The first-order chi connectivity index (χ1) is 24.1. The number of rotatable bonds is 4. The van der Waals surface area contributed by atoms with Crippen LogP contribution in [0.25, 0.3) is 21.5 Å². The van der Waals surface area contributed by atoms with Crippen molar-refractivity contribution in [1.82, 2.24) is 0 Å². The van der Waals surface area contributed by atoms with Gasteiger partial charge in [-0.2, -0.15) is 4.58 Å². The predicted molar refractivity (Wildman–Crippen MR) is 208 cm³/mol. The number of likely N-dealkylation sites (N-methyl/N-ethyl adjacent to an activating group) is 1. The minimum atomic E-state index is 0.125. The van der Waals surface area contributed by atoms with Crippen molar-refractivity contribution in [2.75, 3.05) is 19.0 Å². The second-order valence-corrected chi connectivity index (χ2v) is 15.4. The number of fused-ring (bicyclic) bond motifs is 8. The van der Waals surface area contributed by atoms with Gasteiger partial charge in [0.15, 0.2) is 5.71 Å². The van der Waals surface area contributed by atoms with Gasteiger partial charge in [-0.1, -0.05) is 124 Å². The van der Waals surface area contributed by atoms with E-state index in [1.54, 1.807) is 11.1 Å². The molecule has 4 aromatic carbocycles. The maximum atomic E-state index is 2.49.